The van der Waals surface area contributed by atoms with Gasteiger partial charge >= 0.3 is 0 Å². The van der Waals surface area contributed by atoms with Gasteiger partial charge in [-0.1, -0.05) is 18.2 Å². The van der Waals surface area contributed by atoms with E-state index in [2.05, 4.69) is 20.4 Å². The summed E-state index contributed by atoms with van der Waals surface area (Å²) < 4.78 is 1.73. The number of rotatable bonds is 4. The Morgan fingerprint density at radius 1 is 1.07 bits per heavy atom. The highest BCUT2D eigenvalue weighted by Gasteiger charge is 2.13. The molecule has 0 aliphatic heterocycles. The van der Waals surface area contributed by atoms with Crippen LogP contribution in [0.2, 0.25) is 0 Å². The van der Waals surface area contributed by atoms with Crippen molar-refractivity contribution in [1.82, 2.24) is 19.7 Å². The van der Waals surface area contributed by atoms with Gasteiger partial charge in [0, 0.05) is 23.7 Å². The van der Waals surface area contributed by atoms with Crippen LogP contribution in [-0.4, -0.2) is 19.7 Å². The summed E-state index contributed by atoms with van der Waals surface area (Å²) in [5.74, 6) is 0. The highest BCUT2D eigenvalue weighted by atomic mass is 16.1. The fraction of sp³-hybridized carbons (Fsp3) is 0.150. The number of nitrogens with one attached hydrogen (secondary N) is 3. The predicted molar refractivity (Wildman–Crippen MR) is 106 cm³/mol. The van der Waals surface area contributed by atoms with E-state index in [4.69, 9.17) is 0 Å². The molecule has 0 spiro atoms. The Morgan fingerprint density at radius 3 is 2.59 bits per heavy atom. The van der Waals surface area contributed by atoms with E-state index in [0.29, 0.717) is 16.9 Å². The molecular formula is C20H19N5O2. The third-order valence-corrected chi connectivity index (χ3v) is 4.57. The molecule has 0 aliphatic rings. The number of anilines is 1. The van der Waals surface area contributed by atoms with Crippen LogP contribution in [0.3, 0.4) is 0 Å². The molecule has 0 unspecified atom stereocenters. The standard InChI is InChI=1S/C20H19N5O2/c1-12-8-9-21-20(27)17(12)22-11-14-10-16-13(2)24-25(18(16)23-19(14)26)15-6-4-3-5-7-15/h3-10,22H,11H2,1-2H3,(H,21,27)(H,23,26). The average molecular weight is 361 g/mol. The van der Waals surface area contributed by atoms with Crippen LogP contribution in [0.5, 0.6) is 0 Å². The van der Waals surface area contributed by atoms with Crippen molar-refractivity contribution in [1.29, 1.82) is 0 Å². The maximum Gasteiger partial charge on any atom is 0.271 e. The number of pyridine rings is 2. The lowest BCUT2D eigenvalue weighted by atomic mass is 10.2. The molecule has 4 aromatic rings. The van der Waals surface area contributed by atoms with Crippen molar-refractivity contribution in [2.75, 3.05) is 5.32 Å². The fourth-order valence-corrected chi connectivity index (χ4v) is 3.13. The second-order valence-electron chi connectivity index (χ2n) is 6.44. The van der Waals surface area contributed by atoms with E-state index in [9.17, 15) is 9.59 Å². The maximum absolute atomic E-state index is 12.6. The predicted octanol–water partition coefficient (Wildman–Crippen LogP) is 2.63. The molecule has 3 N–H and O–H groups in total. The molecule has 1 aromatic carbocycles. The molecule has 7 nitrogen and oxygen atoms in total. The quantitative estimate of drug-likeness (QED) is 0.521. The van der Waals surface area contributed by atoms with Gasteiger partial charge in [0.15, 0.2) is 0 Å². The third kappa shape index (κ3) is 3.03. The fourth-order valence-electron chi connectivity index (χ4n) is 3.13. The Kier molecular flexibility index (Phi) is 4.12. The molecule has 27 heavy (non-hydrogen) atoms. The minimum atomic E-state index is -0.211. The smallest absolute Gasteiger partial charge is 0.271 e. The van der Waals surface area contributed by atoms with E-state index in [1.807, 2.05) is 56.3 Å². The summed E-state index contributed by atoms with van der Waals surface area (Å²) in [6.45, 7) is 4.00. The van der Waals surface area contributed by atoms with Crippen LogP contribution in [0, 0.1) is 13.8 Å². The van der Waals surface area contributed by atoms with Crippen molar-refractivity contribution in [3.05, 3.63) is 86.2 Å². The highest BCUT2D eigenvalue weighted by molar-refractivity contribution is 5.80. The van der Waals surface area contributed by atoms with Crippen molar-refractivity contribution >= 4 is 16.7 Å². The molecule has 0 atom stereocenters. The first-order valence-corrected chi connectivity index (χ1v) is 8.63. The summed E-state index contributed by atoms with van der Waals surface area (Å²) in [7, 11) is 0. The van der Waals surface area contributed by atoms with Gasteiger partial charge < -0.3 is 15.3 Å². The minimum absolute atomic E-state index is 0.208. The van der Waals surface area contributed by atoms with Gasteiger partial charge in [0.05, 0.1) is 11.4 Å². The number of benzene rings is 1. The Hall–Kier alpha value is -3.61. The van der Waals surface area contributed by atoms with Gasteiger partial charge in [0.25, 0.3) is 11.1 Å². The number of aryl methyl sites for hydroxylation is 2. The lowest BCUT2D eigenvalue weighted by Gasteiger charge is -2.08. The van der Waals surface area contributed by atoms with Crippen LogP contribution in [0.4, 0.5) is 5.69 Å². The van der Waals surface area contributed by atoms with Crippen LogP contribution in [0.15, 0.2) is 58.3 Å². The number of nitrogens with zero attached hydrogens (tertiary/aromatic N) is 2. The molecule has 3 heterocycles. The number of hydrogen-bond donors (Lipinski definition) is 3. The van der Waals surface area contributed by atoms with Crippen molar-refractivity contribution in [3.63, 3.8) is 0 Å². The Labute approximate surface area is 154 Å². The molecule has 0 bridgehead atoms. The lowest BCUT2D eigenvalue weighted by Crippen LogP contribution is -2.20. The van der Waals surface area contributed by atoms with Crippen LogP contribution in [0.1, 0.15) is 16.8 Å². The molecule has 0 radical (unpaired) electrons. The molecule has 0 aliphatic carbocycles. The molecular weight excluding hydrogens is 342 g/mol. The first-order valence-electron chi connectivity index (χ1n) is 8.63. The van der Waals surface area contributed by atoms with Gasteiger partial charge in [-0.25, -0.2) is 4.68 Å². The number of H-pyrrole nitrogens is 2. The monoisotopic (exact) mass is 361 g/mol. The molecule has 0 saturated heterocycles. The summed E-state index contributed by atoms with van der Waals surface area (Å²) in [6.07, 6.45) is 1.60. The summed E-state index contributed by atoms with van der Waals surface area (Å²) in [5, 5.41) is 8.50. The first-order chi connectivity index (χ1) is 13.0. The molecule has 3 aromatic heterocycles. The average Bonchev–Trinajstić information content (AvgIpc) is 2.98. The third-order valence-electron chi connectivity index (χ3n) is 4.57. The Morgan fingerprint density at radius 2 is 1.85 bits per heavy atom. The molecule has 0 saturated carbocycles. The van der Waals surface area contributed by atoms with Gasteiger partial charge in [-0.3, -0.25) is 9.59 Å². The van der Waals surface area contributed by atoms with Gasteiger partial charge in [-0.05, 0) is 43.7 Å². The van der Waals surface area contributed by atoms with E-state index in [0.717, 1.165) is 22.3 Å². The second kappa shape index (κ2) is 6.60. The van der Waals surface area contributed by atoms with Crippen LogP contribution < -0.4 is 16.4 Å². The minimum Gasteiger partial charge on any atom is -0.376 e. The normalized spacial score (nSPS) is 11.0. The van der Waals surface area contributed by atoms with Gasteiger partial charge in [-0.2, -0.15) is 5.10 Å². The molecule has 136 valence electrons. The number of fused-ring (bicyclic) bond motifs is 1. The van der Waals surface area contributed by atoms with Crippen molar-refractivity contribution < 1.29 is 0 Å². The maximum atomic E-state index is 12.6. The number of para-hydroxylation sites is 1. The molecule has 0 amide bonds. The largest absolute Gasteiger partial charge is 0.376 e. The van der Waals surface area contributed by atoms with Gasteiger partial charge in [-0.15, -0.1) is 0 Å². The Balaban J connectivity index is 1.74. The van der Waals surface area contributed by atoms with Crippen LogP contribution in [-0.2, 0) is 6.54 Å². The summed E-state index contributed by atoms with van der Waals surface area (Å²) in [5.41, 5.74) is 3.77. The van der Waals surface area contributed by atoms with E-state index in [-0.39, 0.29) is 17.7 Å². The summed E-state index contributed by atoms with van der Waals surface area (Å²) in [4.78, 5) is 30.1. The zero-order valence-corrected chi connectivity index (χ0v) is 15.0. The van der Waals surface area contributed by atoms with E-state index >= 15 is 0 Å². The number of aromatic nitrogens is 4. The van der Waals surface area contributed by atoms with Crippen molar-refractivity contribution in [2.45, 2.75) is 20.4 Å². The Bertz CT molecular complexity index is 1230. The molecule has 4 rings (SSSR count). The van der Waals surface area contributed by atoms with Crippen molar-refractivity contribution in [2.24, 2.45) is 0 Å². The van der Waals surface area contributed by atoms with Crippen LogP contribution in [0.25, 0.3) is 16.7 Å². The van der Waals surface area contributed by atoms with Gasteiger partial charge in [0.1, 0.15) is 11.3 Å². The van der Waals surface area contributed by atoms with E-state index < -0.39 is 0 Å². The van der Waals surface area contributed by atoms with E-state index in [1.165, 1.54) is 0 Å². The molecule has 0 fully saturated rings. The first kappa shape index (κ1) is 16.8. The summed E-state index contributed by atoms with van der Waals surface area (Å²) >= 11 is 0. The zero-order chi connectivity index (χ0) is 19.0. The number of hydrogen-bond acceptors (Lipinski definition) is 4. The summed E-state index contributed by atoms with van der Waals surface area (Å²) in [6, 6.07) is 13.3. The van der Waals surface area contributed by atoms with Crippen LogP contribution >= 0.6 is 0 Å². The topological polar surface area (TPSA) is 95.6 Å². The van der Waals surface area contributed by atoms with Gasteiger partial charge in [0.2, 0.25) is 0 Å². The number of aromatic amines is 2. The van der Waals surface area contributed by atoms with Crippen molar-refractivity contribution in [3.8, 4) is 5.69 Å². The van der Waals surface area contributed by atoms with E-state index in [1.54, 1.807) is 10.9 Å². The highest BCUT2D eigenvalue weighted by Crippen LogP contribution is 2.20. The lowest BCUT2D eigenvalue weighted by molar-refractivity contribution is 0.874. The second-order valence-corrected chi connectivity index (χ2v) is 6.44. The SMILES string of the molecule is Cc1cc[nH]c(=O)c1NCc1cc2c(C)nn(-c3ccccc3)c2[nH]c1=O. The zero-order valence-electron chi connectivity index (χ0n) is 15.0. The molecule has 7 heteroatoms.